The van der Waals surface area contributed by atoms with Gasteiger partial charge in [-0.1, -0.05) is 30.3 Å². The first-order chi connectivity index (χ1) is 11.7. The summed E-state index contributed by atoms with van der Waals surface area (Å²) in [4.78, 5) is 12.0. The van der Waals surface area contributed by atoms with Crippen molar-refractivity contribution in [3.05, 3.63) is 66.5 Å². The van der Waals surface area contributed by atoms with Crippen molar-refractivity contribution in [2.75, 3.05) is 6.61 Å². The summed E-state index contributed by atoms with van der Waals surface area (Å²) in [6.45, 7) is 1.90. The number of amides is 1. The van der Waals surface area contributed by atoms with E-state index < -0.39 is 0 Å². The number of nitrogens with zero attached hydrogens (tertiary/aromatic N) is 4. The van der Waals surface area contributed by atoms with Gasteiger partial charge in [0, 0.05) is 0 Å². The van der Waals surface area contributed by atoms with Crippen molar-refractivity contribution in [2.24, 2.45) is 0 Å². The lowest BCUT2D eigenvalue weighted by molar-refractivity contribution is -0.123. The van der Waals surface area contributed by atoms with Crippen LogP contribution in [0.15, 0.2) is 60.9 Å². The van der Waals surface area contributed by atoms with Crippen LogP contribution in [0.5, 0.6) is 5.75 Å². The van der Waals surface area contributed by atoms with Gasteiger partial charge in [-0.25, -0.2) is 4.68 Å². The molecule has 0 fully saturated rings. The van der Waals surface area contributed by atoms with Crippen LogP contribution in [-0.4, -0.2) is 32.7 Å². The van der Waals surface area contributed by atoms with Gasteiger partial charge in [0.2, 0.25) is 0 Å². The number of aromatic nitrogens is 4. The van der Waals surface area contributed by atoms with Crippen molar-refractivity contribution in [1.82, 2.24) is 25.5 Å². The fourth-order valence-corrected chi connectivity index (χ4v) is 2.23. The third-order valence-electron chi connectivity index (χ3n) is 3.50. The fraction of sp³-hybridized carbons (Fsp3) is 0.176. The summed E-state index contributed by atoms with van der Waals surface area (Å²) >= 11 is 0. The quantitative estimate of drug-likeness (QED) is 0.749. The predicted octanol–water partition coefficient (Wildman–Crippen LogP) is 1.92. The first-order valence-electron chi connectivity index (χ1n) is 7.53. The fourth-order valence-electron chi connectivity index (χ4n) is 2.23. The average Bonchev–Trinajstić information content (AvgIpc) is 3.16. The molecule has 122 valence electrons. The van der Waals surface area contributed by atoms with Crippen LogP contribution >= 0.6 is 0 Å². The Bertz CT molecular complexity index is 773. The highest BCUT2D eigenvalue weighted by Gasteiger charge is 2.09. The smallest absolute Gasteiger partial charge is 0.258 e. The van der Waals surface area contributed by atoms with Crippen LogP contribution in [0.3, 0.4) is 0 Å². The first kappa shape index (κ1) is 15.7. The maximum atomic E-state index is 12.0. The highest BCUT2D eigenvalue weighted by Crippen LogP contribution is 2.14. The normalized spacial score (nSPS) is 11.7. The monoisotopic (exact) mass is 323 g/mol. The van der Waals surface area contributed by atoms with Crippen LogP contribution in [0.1, 0.15) is 18.5 Å². The van der Waals surface area contributed by atoms with E-state index >= 15 is 0 Å². The van der Waals surface area contributed by atoms with E-state index in [9.17, 15) is 4.79 Å². The number of hydrogen-bond donors (Lipinski definition) is 1. The highest BCUT2D eigenvalue weighted by molar-refractivity contribution is 5.78. The predicted molar refractivity (Wildman–Crippen MR) is 87.6 cm³/mol. The molecule has 1 heterocycles. The SMILES string of the molecule is C[C@H](NC(=O)COc1ccc(-n2cnnn2)cc1)c1ccccc1. The number of benzene rings is 2. The highest BCUT2D eigenvalue weighted by atomic mass is 16.5. The molecule has 0 aliphatic heterocycles. The van der Waals surface area contributed by atoms with Gasteiger partial charge in [0.05, 0.1) is 11.7 Å². The molecule has 1 atom stereocenters. The van der Waals surface area contributed by atoms with Crippen LogP contribution < -0.4 is 10.1 Å². The molecule has 0 bridgehead atoms. The second-order valence-electron chi connectivity index (χ2n) is 5.24. The Morgan fingerprint density at radius 1 is 1.17 bits per heavy atom. The van der Waals surface area contributed by atoms with E-state index in [4.69, 9.17) is 4.74 Å². The van der Waals surface area contributed by atoms with Gasteiger partial charge in [-0.05, 0) is 47.2 Å². The van der Waals surface area contributed by atoms with Gasteiger partial charge < -0.3 is 10.1 Å². The molecule has 0 radical (unpaired) electrons. The van der Waals surface area contributed by atoms with Crippen LogP contribution in [0.25, 0.3) is 5.69 Å². The summed E-state index contributed by atoms with van der Waals surface area (Å²) in [6.07, 6.45) is 1.51. The molecule has 3 rings (SSSR count). The number of rotatable bonds is 6. The van der Waals surface area contributed by atoms with E-state index in [-0.39, 0.29) is 18.6 Å². The summed E-state index contributed by atoms with van der Waals surface area (Å²) < 4.78 is 7.04. The Labute approximate surface area is 139 Å². The molecule has 24 heavy (non-hydrogen) atoms. The largest absolute Gasteiger partial charge is 0.484 e. The number of nitrogens with one attached hydrogen (secondary N) is 1. The van der Waals surface area contributed by atoms with Gasteiger partial charge in [-0.3, -0.25) is 4.79 Å². The lowest BCUT2D eigenvalue weighted by Gasteiger charge is -2.14. The maximum absolute atomic E-state index is 12.0. The molecule has 0 spiro atoms. The van der Waals surface area contributed by atoms with Crippen molar-refractivity contribution in [1.29, 1.82) is 0 Å². The van der Waals surface area contributed by atoms with Crippen LogP contribution in [0.2, 0.25) is 0 Å². The Morgan fingerprint density at radius 3 is 2.58 bits per heavy atom. The number of hydrogen-bond acceptors (Lipinski definition) is 5. The number of ether oxygens (including phenoxy) is 1. The van der Waals surface area contributed by atoms with Crippen molar-refractivity contribution < 1.29 is 9.53 Å². The molecule has 1 amide bonds. The summed E-state index contributed by atoms with van der Waals surface area (Å²) in [6, 6.07) is 16.9. The van der Waals surface area contributed by atoms with E-state index in [1.165, 1.54) is 11.0 Å². The minimum absolute atomic E-state index is 0.0403. The summed E-state index contributed by atoms with van der Waals surface area (Å²) in [7, 11) is 0. The zero-order valence-corrected chi connectivity index (χ0v) is 13.2. The third kappa shape index (κ3) is 3.95. The van der Waals surface area contributed by atoms with Gasteiger partial charge >= 0.3 is 0 Å². The van der Waals surface area contributed by atoms with Gasteiger partial charge in [-0.2, -0.15) is 0 Å². The van der Waals surface area contributed by atoms with Crippen LogP contribution in [-0.2, 0) is 4.79 Å². The van der Waals surface area contributed by atoms with Gasteiger partial charge in [0.25, 0.3) is 5.91 Å². The zero-order chi connectivity index (χ0) is 16.8. The molecular weight excluding hydrogens is 306 g/mol. The van der Waals surface area contributed by atoms with Gasteiger partial charge in [-0.15, -0.1) is 5.10 Å². The van der Waals surface area contributed by atoms with Crippen molar-refractivity contribution in [2.45, 2.75) is 13.0 Å². The van der Waals surface area contributed by atoms with Crippen LogP contribution in [0.4, 0.5) is 0 Å². The lowest BCUT2D eigenvalue weighted by atomic mass is 10.1. The van der Waals surface area contributed by atoms with Crippen molar-refractivity contribution >= 4 is 5.91 Å². The molecule has 2 aromatic carbocycles. The third-order valence-corrected chi connectivity index (χ3v) is 3.50. The molecule has 7 heteroatoms. The Morgan fingerprint density at radius 2 is 1.92 bits per heavy atom. The molecule has 1 N–H and O–H groups in total. The second kappa shape index (κ2) is 7.36. The summed E-state index contributed by atoms with van der Waals surface area (Å²) in [5.41, 5.74) is 1.87. The van der Waals surface area contributed by atoms with Crippen molar-refractivity contribution in [3.8, 4) is 11.4 Å². The maximum Gasteiger partial charge on any atom is 0.258 e. The van der Waals surface area contributed by atoms with Crippen molar-refractivity contribution in [3.63, 3.8) is 0 Å². The minimum Gasteiger partial charge on any atom is -0.484 e. The number of tetrazole rings is 1. The van der Waals surface area contributed by atoms with E-state index in [0.717, 1.165) is 11.3 Å². The molecule has 7 nitrogen and oxygen atoms in total. The zero-order valence-electron chi connectivity index (χ0n) is 13.2. The molecule has 0 saturated carbocycles. The summed E-state index contributed by atoms with van der Waals surface area (Å²) in [5, 5.41) is 13.9. The Balaban J connectivity index is 1.51. The Kier molecular flexibility index (Phi) is 4.81. The van der Waals surface area contributed by atoms with Gasteiger partial charge in [0.15, 0.2) is 6.61 Å². The molecule has 3 aromatic rings. The second-order valence-corrected chi connectivity index (χ2v) is 5.24. The number of carbonyl (C=O) groups excluding carboxylic acids is 1. The minimum atomic E-state index is -0.170. The van der Waals surface area contributed by atoms with E-state index in [2.05, 4.69) is 20.8 Å². The van der Waals surface area contributed by atoms with E-state index in [1.54, 1.807) is 12.1 Å². The molecule has 1 aromatic heterocycles. The molecule has 0 unspecified atom stereocenters. The molecular formula is C17H17N5O2. The standard InChI is InChI=1S/C17H17N5O2/c1-13(14-5-3-2-4-6-14)19-17(23)11-24-16-9-7-15(8-10-16)22-12-18-20-21-22/h2-10,12-13H,11H2,1H3,(H,19,23)/t13-/m0/s1. The summed E-state index contributed by atoms with van der Waals surface area (Å²) in [5.74, 6) is 0.435. The molecule has 0 aliphatic carbocycles. The topological polar surface area (TPSA) is 81.9 Å². The first-order valence-corrected chi connectivity index (χ1v) is 7.53. The van der Waals surface area contributed by atoms with E-state index in [0.29, 0.717) is 5.75 Å². The lowest BCUT2D eigenvalue weighted by Crippen LogP contribution is -2.31. The molecule has 0 saturated heterocycles. The number of carbonyl (C=O) groups is 1. The van der Waals surface area contributed by atoms with Crippen LogP contribution in [0, 0.1) is 0 Å². The average molecular weight is 323 g/mol. The van der Waals surface area contributed by atoms with E-state index in [1.807, 2.05) is 49.4 Å². The molecule has 0 aliphatic rings. The van der Waals surface area contributed by atoms with Gasteiger partial charge in [0.1, 0.15) is 12.1 Å². The Hall–Kier alpha value is -3.22.